The predicted molar refractivity (Wildman–Crippen MR) is 103 cm³/mol. The molecule has 0 bridgehead atoms. The zero-order valence-corrected chi connectivity index (χ0v) is 14.3. The van der Waals surface area contributed by atoms with Crippen molar-refractivity contribution in [2.24, 2.45) is 0 Å². The van der Waals surface area contributed by atoms with Crippen LogP contribution in [0.25, 0.3) is 21.8 Å². The maximum atomic E-state index is 13.0. The zero-order valence-electron chi connectivity index (χ0n) is 14.3. The Morgan fingerprint density at radius 1 is 0.885 bits per heavy atom. The number of benzene rings is 3. The third kappa shape index (κ3) is 2.76. The normalized spacial score (nSPS) is 10.7. The van der Waals surface area contributed by atoms with Crippen LogP contribution in [-0.4, -0.2) is 10.9 Å². The highest BCUT2D eigenvalue weighted by atomic mass is 19.1. The predicted octanol–water partition coefficient (Wildman–Crippen LogP) is 5.17. The van der Waals surface area contributed by atoms with Crippen LogP contribution in [0.2, 0.25) is 0 Å². The van der Waals surface area contributed by atoms with E-state index in [4.69, 9.17) is 0 Å². The van der Waals surface area contributed by atoms with Crippen molar-refractivity contribution in [2.75, 3.05) is 0 Å². The summed E-state index contributed by atoms with van der Waals surface area (Å²) in [6.45, 7) is 2.95. The quantitative estimate of drug-likeness (QED) is 0.364. The van der Waals surface area contributed by atoms with Gasteiger partial charge in [-0.05, 0) is 67.6 Å². The van der Waals surface area contributed by atoms with Crippen LogP contribution in [0.1, 0.15) is 28.4 Å². The van der Waals surface area contributed by atoms with Crippen molar-refractivity contribution >= 4 is 28.1 Å². The third-order valence-electron chi connectivity index (χ3n) is 4.54. The Balaban J connectivity index is 1.87. The van der Waals surface area contributed by atoms with Crippen molar-refractivity contribution in [2.45, 2.75) is 13.5 Å². The number of hydrogen-bond donors (Lipinski definition) is 0. The number of aldehydes is 1. The molecule has 0 unspecified atom stereocenters. The van der Waals surface area contributed by atoms with Gasteiger partial charge in [-0.1, -0.05) is 11.8 Å². The van der Waals surface area contributed by atoms with Gasteiger partial charge in [0.05, 0.1) is 0 Å². The fourth-order valence-corrected chi connectivity index (χ4v) is 3.29. The molecule has 0 aliphatic carbocycles. The molecule has 2 nitrogen and oxygen atoms in total. The molecule has 0 amide bonds. The van der Waals surface area contributed by atoms with Crippen LogP contribution >= 0.6 is 0 Å². The third-order valence-corrected chi connectivity index (χ3v) is 4.54. The van der Waals surface area contributed by atoms with Crippen LogP contribution in [0.3, 0.4) is 0 Å². The molecule has 0 atom stereocenters. The highest BCUT2D eigenvalue weighted by Crippen LogP contribution is 2.30. The molecule has 0 N–H and O–H groups in total. The van der Waals surface area contributed by atoms with E-state index in [9.17, 15) is 9.18 Å². The highest BCUT2D eigenvalue weighted by Gasteiger charge is 2.10. The first kappa shape index (κ1) is 16.1. The monoisotopic (exact) mass is 341 g/mol. The molecule has 1 aromatic heterocycles. The maximum Gasteiger partial charge on any atom is 0.150 e. The molecular weight excluding hydrogens is 325 g/mol. The van der Waals surface area contributed by atoms with Gasteiger partial charge >= 0.3 is 0 Å². The van der Waals surface area contributed by atoms with Gasteiger partial charge in [0.25, 0.3) is 0 Å². The number of carbonyl (C=O) groups is 1. The second kappa shape index (κ2) is 6.50. The van der Waals surface area contributed by atoms with Crippen molar-refractivity contribution < 1.29 is 9.18 Å². The average molecular weight is 341 g/mol. The van der Waals surface area contributed by atoms with E-state index in [1.54, 1.807) is 12.1 Å². The summed E-state index contributed by atoms with van der Waals surface area (Å²) in [5.74, 6) is 5.94. The Labute approximate surface area is 150 Å². The molecule has 0 spiro atoms. The van der Waals surface area contributed by atoms with E-state index in [-0.39, 0.29) is 5.82 Å². The molecule has 0 aliphatic heterocycles. The van der Waals surface area contributed by atoms with Crippen LogP contribution in [-0.2, 0) is 6.54 Å². The standard InChI is InChI=1S/C23H16FNO/c1-2-25-22-11-7-17(4-3-16-5-9-19(24)10-6-16)13-20(22)21-14-18(15-26)8-12-23(21)25/h5-15H,2H2,1H3. The molecule has 26 heavy (non-hydrogen) atoms. The lowest BCUT2D eigenvalue weighted by Crippen LogP contribution is -1.93. The number of nitrogens with zero attached hydrogens (tertiary/aromatic N) is 1. The van der Waals surface area contributed by atoms with Gasteiger partial charge in [0, 0.05) is 45.0 Å². The van der Waals surface area contributed by atoms with Crippen molar-refractivity contribution in [3.63, 3.8) is 0 Å². The van der Waals surface area contributed by atoms with Crippen molar-refractivity contribution in [3.8, 4) is 11.8 Å². The van der Waals surface area contributed by atoms with Gasteiger partial charge in [-0.15, -0.1) is 0 Å². The summed E-state index contributed by atoms with van der Waals surface area (Å²) in [4.78, 5) is 11.2. The minimum atomic E-state index is -0.268. The Morgan fingerprint density at radius 2 is 1.50 bits per heavy atom. The zero-order chi connectivity index (χ0) is 18.1. The molecule has 0 fully saturated rings. The lowest BCUT2D eigenvalue weighted by atomic mass is 10.1. The highest BCUT2D eigenvalue weighted by molar-refractivity contribution is 6.09. The van der Waals surface area contributed by atoms with Gasteiger partial charge in [-0.25, -0.2) is 4.39 Å². The molecule has 4 rings (SSSR count). The van der Waals surface area contributed by atoms with E-state index >= 15 is 0 Å². The number of aryl methyl sites for hydroxylation is 1. The van der Waals surface area contributed by atoms with E-state index in [2.05, 4.69) is 35.5 Å². The minimum Gasteiger partial charge on any atom is -0.341 e. The number of halogens is 1. The van der Waals surface area contributed by atoms with E-state index in [0.29, 0.717) is 5.56 Å². The summed E-state index contributed by atoms with van der Waals surface area (Å²) >= 11 is 0. The summed E-state index contributed by atoms with van der Waals surface area (Å²) in [6, 6.07) is 18.0. The molecule has 0 saturated carbocycles. The first-order chi connectivity index (χ1) is 12.7. The number of fused-ring (bicyclic) bond motifs is 3. The van der Waals surface area contributed by atoms with Crippen molar-refractivity contribution in [3.05, 3.63) is 83.2 Å². The Morgan fingerprint density at radius 3 is 2.19 bits per heavy atom. The molecule has 0 saturated heterocycles. The first-order valence-corrected chi connectivity index (χ1v) is 8.48. The molecule has 0 aliphatic rings. The fourth-order valence-electron chi connectivity index (χ4n) is 3.29. The molecule has 126 valence electrons. The van der Waals surface area contributed by atoms with E-state index in [1.165, 1.54) is 12.1 Å². The lowest BCUT2D eigenvalue weighted by molar-refractivity contribution is 0.112. The molecular formula is C23H16FNO. The fraction of sp³-hybridized carbons (Fsp3) is 0.0870. The van der Waals surface area contributed by atoms with Crippen molar-refractivity contribution in [1.82, 2.24) is 4.57 Å². The van der Waals surface area contributed by atoms with Crippen LogP contribution in [0, 0.1) is 17.7 Å². The Bertz CT molecular complexity index is 1190. The smallest absolute Gasteiger partial charge is 0.150 e. The second-order valence-corrected chi connectivity index (χ2v) is 6.13. The molecule has 3 aromatic carbocycles. The topological polar surface area (TPSA) is 22.0 Å². The molecule has 1 heterocycles. The average Bonchev–Trinajstić information content (AvgIpc) is 2.99. The lowest BCUT2D eigenvalue weighted by Gasteiger charge is -2.02. The van der Waals surface area contributed by atoms with E-state index in [1.807, 2.05) is 24.3 Å². The SMILES string of the molecule is CCn1c2ccc(C#Cc3ccc(F)cc3)cc2c2cc(C=O)ccc21. The van der Waals surface area contributed by atoms with Gasteiger partial charge in [0.15, 0.2) is 0 Å². The number of hydrogen-bond acceptors (Lipinski definition) is 1. The van der Waals surface area contributed by atoms with Crippen LogP contribution < -0.4 is 0 Å². The van der Waals surface area contributed by atoms with Gasteiger partial charge in [-0.3, -0.25) is 4.79 Å². The van der Waals surface area contributed by atoms with E-state index in [0.717, 1.165) is 45.8 Å². The van der Waals surface area contributed by atoms with Crippen LogP contribution in [0.5, 0.6) is 0 Å². The minimum absolute atomic E-state index is 0.268. The van der Waals surface area contributed by atoms with Crippen LogP contribution in [0.4, 0.5) is 4.39 Å². The molecule has 4 aromatic rings. The van der Waals surface area contributed by atoms with Gasteiger partial charge in [0.2, 0.25) is 0 Å². The summed E-state index contributed by atoms with van der Waals surface area (Å²) in [5, 5.41) is 2.13. The summed E-state index contributed by atoms with van der Waals surface area (Å²) in [5.41, 5.74) is 4.55. The first-order valence-electron chi connectivity index (χ1n) is 8.48. The number of rotatable bonds is 2. The van der Waals surface area contributed by atoms with Gasteiger partial charge in [-0.2, -0.15) is 0 Å². The molecule has 3 heteroatoms. The van der Waals surface area contributed by atoms with Gasteiger partial charge < -0.3 is 4.57 Å². The molecule has 0 radical (unpaired) electrons. The van der Waals surface area contributed by atoms with Gasteiger partial charge in [0.1, 0.15) is 12.1 Å². The Hall–Kier alpha value is -3.38. The summed E-state index contributed by atoms with van der Waals surface area (Å²) < 4.78 is 15.2. The summed E-state index contributed by atoms with van der Waals surface area (Å²) in [6.07, 6.45) is 0.868. The largest absolute Gasteiger partial charge is 0.341 e. The number of aromatic nitrogens is 1. The second-order valence-electron chi connectivity index (χ2n) is 6.13. The van der Waals surface area contributed by atoms with Crippen molar-refractivity contribution in [1.29, 1.82) is 0 Å². The van der Waals surface area contributed by atoms with E-state index < -0.39 is 0 Å². The number of carbonyl (C=O) groups excluding carboxylic acids is 1. The maximum absolute atomic E-state index is 13.0. The summed E-state index contributed by atoms with van der Waals surface area (Å²) in [7, 11) is 0. The van der Waals surface area contributed by atoms with Crippen LogP contribution in [0.15, 0.2) is 60.7 Å². The Kier molecular flexibility index (Phi) is 4.02.